The highest BCUT2D eigenvalue weighted by Gasteiger charge is 2.39. The summed E-state index contributed by atoms with van der Waals surface area (Å²) in [6.07, 6.45) is -0.524. The Morgan fingerprint density at radius 1 is 1.53 bits per heavy atom. The van der Waals surface area contributed by atoms with Crippen LogP contribution in [-0.2, 0) is 4.74 Å². The van der Waals surface area contributed by atoms with Crippen LogP contribution in [0.1, 0.15) is 25.5 Å². The molecule has 1 N–H and O–H groups in total. The van der Waals surface area contributed by atoms with E-state index in [9.17, 15) is 9.18 Å². The Morgan fingerprint density at radius 2 is 2.24 bits per heavy atom. The van der Waals surface area contributed by atoms with Crippen LogP contribution in [0.25, 0.3) is 0 Å². The molecule has 0 spiro atoms. The van der Waals surface area contributed by atoms with E-state index in [1.54, 1.807) is 12.1 Å². The van der Waals surface area contributed by atoms with Gasteiger partial charge in [0.05, 0.1) is 6.04 Å². The van der Waals surface area contributed by atoms with E-state index in [1.165, 1.54) is 6.07 Å². The maximum Gasteiger partial charge on any atom is 0.407 e. The monoisotopic (exact) mass is 257 g/mol. The minimum atomic E-state index is -0.524. The molecular weight excluding hydrogens is 245 g/mol. The molecule has 0 radical (unpaired) electrons. The van der Waals surface area contributed by atoms with Crippen molar-refractivity contribution < 1.29 is 13.9 Å². The minimum absolute atomic E-state index is 0.256. The number of nitrogens with one attached hydrogen (secondary N) is 1. The summed E-state index contributed by atoms with van der Waals surface area (Å²) >= 11 is 5.70. The Hall–Kier alpha value is -1.29. The topological polar surface area (TPSA) is 38.3 Å². The van der Waals surface area contributed by atoms with Crippen molar-refractivity contribution in [2.24, 2.45) is 5.41 Å². The van der Waals surface area contributed by atoms with Gasteiger partial charge in [-0.15, -0.1) is 0 Å². The van der Waals surface area contributed by atoms with Gasteiger partial charge < -0.3 is 10.1 Å². The number of amides is 1. The number of cyclic esters (lactones) is 1. The van der Waals surface area contributed by atoms with Crippen LogP contribution >= 0.6 is 11.6 Å². The summed E-state index contributed by atoms with van der Waals surface area (Å²) in [5, 5.41) is 2.97. The van der Waals surface area contributed by atoms with Gasteiger partial charge in [-0.05, 0) is 12.1 Å². The lowest BCUT2D eigenvalue weighted by atomic mass is 9.80. The van der Waals surface area contributed by atoms with E-state index in [0.717, 1.165) is 0 Å². The van der Waals surface area contributed by atoms with Gasteiger partial charge in [0.25, 0.3) is 0 Å². The van der Waals surface area contributed by atoms with Gasteiger partial charge >= 0.3 is 6.09 Å². The van der Waals surface area contributed by atoms with E-state index in [0.29, 0.717) is 10.6 Å². The van der Waals surface area contributed by atoms with Crippen LogP contribution < -0.4 is 5.32 Å². The van der Waals surface area contributed by atoms with Crippen LogP contribution in [0, 0.1) is 11.2 Å². The van der Waals surface area contributed by atoms with E-state index < -0.39 is 18.0 Å². The number of carbonyl (C=O) groups is 1. The molecule has 1 aliphatic rings. The van der Waals surface area contributed by atoms with Gasteiger partial charge in [0.2, 0.25) is 0 Å². The molecule has 0 aliphatic carbocycles. The summed E-state index contributed by atoms with van der Waals surface area (Å²) in [7, 11) is 0. The molecule has 3 nitrogen and oxygen atoms in total. The second kappa shape index (κ2) is 4.18. The summed E-state index contributed by atoms with van der Waals surface area (Å²) in [5.41, 5.74) is 0.0545. The van der Waals surface area contributed by atoms with E-state index in [-0.39, 0.29) is 12.0 Å². The third-order valence-electron chi connectivity index (χ3n) is 2.89. The molecule has 1 aromatic carbocycles. The van der Waals surface area contributed by atoms with Crippen molar-refractivity contribution in [3.8, 4) is 0 Å². The standard InChI is InChI=1S/C12H13ClFNO2/c1-12(2)6-17-11(16)15-10(12)8-4-3-7(13)5-9(8)14/h3-5,10H,6H2,1-2H3,(H,15,16)/t10-/m0/s1. The number of carbonyl (C=O) groups excluding carboxylic acids is 1. The van der Waals surface area contributed by atoms with E-state index >= 15 is 0 Å². The van der Waals surface area contributed by atoms with Gasteiger partial charge in [-0.2, -0.15) is 0 Å². The number of ether oxygens (including phenoxy) is 1. The summed E-state index contributed by atoms with van der Waals surface area (Å²) in [6.45, 7) is 4.07. The first-order chi connectivity index (χ1) is 7.90. The lowest BCUT2D eigenvalue weighted by Gasteiger charge is -2.38. The largest absolute Gasteiger partial charge is 0.449 e. The average molecular weight is 258 g/mol. The van der Waals surface area contributed by atoms with E-state index in [2.05, 4.69) is 5.32 Å². The van der Waals surface area contributed by atoms with Gasteiger partial charge in [0, 0.05) is 16.0 Å². The molecule has 1 amide bonds. The lowest BCUT2D eigenvalue weighted by molar-refractivity contribution is 0.0378. The predicted molar refractivity (Wildman–Crippen MR) is 62.4 cm³/mol. The first-order valence-electron chi connectivity index (χ1n) is 5.28. The lowest BCUT2D eigenvalue weighted by Crippen LogP contribution is -2.47. The number of benzene rings is 1. The Balaban J connectivity index is 2.39. The quantitative estimate of drug-likeness (QED) is 0.838. The minimum Gasteiger partial charge on any atom is -0.449 e. The van der Waals surface area contributed by atoms with Crippen molar-refractivity contribution in [1.29, 1.82) is 0 Å². The Kier molecular flexibility index (Phi) is 3.00. The van der Waals surface area contributed by atoms with Gasteiger partial charge in [0.1, 0.15) is 12.4 Å². The smallest absolute Gasteiger partial charge is 0.407 e. The second-order valence-electron chi connectivity index (χ2n) is 4.81. The van der Waals surface area contributed by atoms with Gasteiger partial charge in [0.15, 0.2) is 0 Å². The molecule has 1 aliphatic heterocycles. The molecule has 1 atom stereocenters. The van der Waals surface area contributed by atoms with Crippen LogP contribution in [0.3, 0.4) is 0 Å². The molecule has 17 heavy (non-hydrogen) atoms. The zero-order valence-electron chi connectivity index (χ0n) is 9.59. The average Bonchev–Trinajstić information content (AvgIpc) is 2.23. The number of hydrogen-bond acceptors (Lipinski definition) is 2. The number of alkyl carbamates (subject to hydrolysis) is 1. The maximum atomic E-state index is 13.8. The molecule has 0 saturated carbocycles. The van der Waals surface area contributed by atoms with Crippen molar-refractivity contribution >= 4 is 17.7 Å². The Morgan fingerprint density at radius 3 is 2.88 bits per heavy atom. The molecule has 2 rings (SSSR count). The van der Waals surface area contributed by atoms with Gasteiger partial charge in [-0.25, -0.2) is 9.18 Å². The molecule has 5 heteroatoms. The molecule has 1 fully saturated rings. The highest BCUT2D eigenvalue weighted by molar-refractivity contribution is 6.30. The summed E-state index contributed by atoms with van der Waals surface area (Å²) in [4.78, 5) is 11.2. The van der Waals surface area contributed by atoms with Crippen LogP contribution in [-0.4, -0.2) is 12.7 Å². The number of rotatable bonds is 1. The summed E-state index contributed by atoms with van der Waals surface area (Å²) in [5.74, 6) is -0.419. The predicted octanol–water partition coefficient (Wildman–Crippen LogP) is 3.29. The van der Waals surface area contributed by atoms with Crippen LogP contribution in [0.15, 0.2) is 18.2 Å². The molecule has 0 bridgehead atoms. The Labute approximate surface area is 104 Å². The van der Waals surface area contributed by atoms with E-state index in [1.807, 2.05) is 13.8 Å². The van der Waals surface area contributed by atoms with Crippen LogP contribution in [0.2, 0.25) is 5.02 Å². The molecule has 1 saturated heterocycles. The molecule has 0 aromatic heterocycles. The van der Waals surface area contributed by atoms with Crippen molar-refractivity contribution in [2.75, 3.05) is 6.61 Å². The van der Waals surface area contributed by atoms with Crippen molar-refractivity contribution in [3.05, 3.63) is 34.6 Å². The summed E-state index contributed by atoms with van der Waals surface area (Å²) < 4.78 is 18.7. The van der Waals surface area contributed by atoms with Crippen molar-refractivity contribution in [1.82, 2.24) is 5.32 Å². The highest BCUT2D eigenvalue weighted by atomic mass is 35.5. The van der Waals surface area contributed by atoms with Crippen molar-refractivity contribution in [3.63, 3.8) is 0 Å². The summed E-state index contributed by atoms with van der Waals surface area (Å²) in [6, 6.07) is 4.03. The van der Waals surface area contributed by atoms with E-state index in [4.69, 9.17) is 16.3 Å². The van der Waals surface area contributed by atoms with Crippen LogP contribution in [0.4, 0.5) is 9.18 Å². The number of hydrogen-bond donors (Lipinski definition) is 1. The maximum absolute atomic E-state index is 13.8. The highest BCUT2D eigenvalue weighted by Crippen LogP contribution is 2.37. The first kappa shape index (κ1) is 12.2. The fourth-order valence-corrected chi connectivity index (χ4v) is 2.08. The van der Waals surface area contributed by atoms with Crippen molar-refractivity contribution in [2.45, 2.75) is 19.9 Å². The fraction of sp³-hybridized carbons (Fsp3) is 0.417. The molecule has 1 aromatic rings. The Bertz CT molecular complexity index is 462. The molecular formula is C12H13ClFNO2. The SMILES string of the molecule is CC1(C)COC(=O)N[C@H]1c1ccc(Cl)cc1F. The molecule has 1 heterocycles. The van der Waals surface area contributed by atoms with Crippen LogP contribution in [0.5, 0.6) is 0 Å². The fourth-order valence-electron chi connectivity index (χ4n) is 1.92. The third-order valence-corrected chi connectivity index (χ3v) is 3.13. The zero-order chi connectivity index (χ0) is 12.6. The molecule has 92 valence electrons. The second-order valence-corrected chi connectivity index (χ2v) is 5.24. The van der Waals surface area contributed by atoms with Gasteiger partial charge in [-0.1, -0.05) is 31.5 Å². The van der Waals surface area contributed by atoms with Gasteiger partial charge in [-0.3, -0.25) is 0 Å². The number of halogens is 2. The zero-order valence-corrected chi connectivity index (χ0v) is 10.3. The molecule has 0 unspecified atom stereocenters. The normalized spacial score (nSPS) is 22.8. The first-order valence-corrected chi connectivity index (χ1v) is 5.66. The third kappa shape index (κ3) is 2.36.